The summed E-state index contributed by atoms with van der Waals surface area (Å²) in [6.45, 7) is 2.25. The summed E-state index contributed by atoms with van der Waals surface area (Å²) < 4.78 is 0. The van der Waals surface area contributed by atoms with Gasteiger partial charge >= 0.3 is 6.09 Å². The van der Waals surface area contributed by atoms with Gasteiger partial charge in [-0.25, -0.2) is 4.79 Å². The predicted octanol–water partition coefficient (Wildman–Crippen LogP) is 0.0118. The van der Waals surface area contributed by atoms with Crippen molar-refractivity contribution in [3.05, 3.63) is 0 Å². The van der Waals surface area contributed by atoms with Crippen LogP contribution in [0.4, 0.5) is 4.79 Å². The predicted molar refractivity (Wildman–Crippen MR) is 29.6 cm³/mol. The lowest BCUT2D eigenvalue weighted by molar-refractivity contribution is 0.205. The molecule has 4 N–H and O–H groups in total. The molecule has 50 valence electrons. The molecule has 0 rings (SSSR count). The monoisotopic (exact) mass is 121 g/mol. The average molecular weight is 121 g/mol. The Hall–Kier alpha value is -0.770. The Morgan fingerprint density at radius 2 is 1.88 bits per heavy atom. The number of hydrogen-bond acceptors (Lipinski definition) is 2. The van der Waals surface area contributed by atoms with E-state index in [2.05, 4.69) is 5.73 Å². The summed E-state index contributed by atoms with van der Waals surface area (Å²) in [5.41, 5.74) is 4.03. The van der Waals surface area contributed by atoms with Crippen molar-refractivity contribution >= 4 is 6.09 Å². The first kappa shape index (κ1) is 10.3. The van der Waals surface area contributed by atoms with Gasteiger partial charge in [0.1, 0.15) is 0 Å². The van der Waals surface area contributed by atoms with Gasteiger partial charge in [-0.1, -0.05) is 6.92 Å². The summed E-state index contributed by atoms with van der Waals surface area (Å²) in [6, 6.07) is 0. The highest BCUT2D eigenvalue weighted by molar-refractivity contribution is 5.61. The van der Waals surface area contributed by atoms with E-state index in [1.165, 1.54) is 0 Å². The molecule has 0 fully saturated rings. The van der Waals surface area contributed by atoms with Crippen LogP contribution in [0.15, 0.2) is 0 Å². The van der Waals surface area contributed by atoms with Gasteiger partial charge in [-0.2, -0.15) is 0 Å². The second-order valence-corrected chi connectivity index (χ2v) is 1.06. The van der Waals surface area contributed by atoms with Crippen molar-refractivity contribution in [1.29, 1.82) is 0 Å². The summed E-state index contributed by atoms with van der Waals surface area (Å²) in [6.07, 6.45) is -0.458. The number of carboxylic acid groups (broad SMARTS) is 1. The molecule has 0 aromatic carbocycles. The van der Waals surface area contributed by atoms with Crippen LogP contribution < -0.4 is 5.73 Å². The van der Waals surface area contributed by atoms with Crippen LogP contribution >= 0.6 is 0 Å². The van der Waals surface area contributed by atoms with Gasteiger partial charge in [-0.05, 0) is 6.42 Å². The van der Waals surface area contributed by atoms with E-state index in [0.29, 0.717) is 6.61 Å². The largest absolute Gasteiger partial charge is 0.465 e. The highest BCUT2D eigenvalue weighted by Gasteiger charge is 1.65. The molecule has 0 aliphatic heterocycles. The lowest BCUT2D eigenvalue weighted by atomic mass is 10.5. The molecule has 0 aromatic rings. The van der Waals surface area contributed by atoms with Crippen molar-refractivity contribution in [3.63, 3.8) is 0 Å². The maximum atomic E-state index is 8.78. The number of hydrogen-bond donors (Lipinski definition) is 3. The Balaban J connectivity index is 0. The van der Waals surface area contributed by atoms with Crippen molar-refractivity contribution in [3.8, 4) is 0 Å². The number of rotatable bonds is 1. The Labute approximate surface area is 47.9 Å². The third-order valence-corrected chi connectivity index (χ3v) is 0.224. The lowest BCUT2D eigenvalue weighted by Gasteiger charge is -1.69. The minimum absolute atomic E-state index is 0.319. The molecule has 0 spiro atoms. The topological polar surface area (TPSA) is 83.5 Å². The molecule has 0 saturated heterocycles. The molecular weight excluding hydrogens is 110 g/mol. The number of amides is 1. The van der Waals surface area contributed by atoms with Crippen LogP contribution in [0, 0.1) is 0 Å². The van der Waals surface area contributed by atoms with Gasteiger partial charge in [0, 0.05) is 6.61 Å². The molecule has 0 aromatic heterocycles. The van der Waals surface area contributed by atoms with Gasteiger partial charge in [0.2, 0.25) is 0 Å². The van der Waals surface area contributed by atoms with E-state index in [4.69, 9.17) is 15.0 Å². The fraction of sp³-hybridized carbons (Fsp3) is 0.750. The van der Waals surface area contributed by atoms with Crippen molar-refractivity contribution in [2.75, 3.05) is 6.61 Å². The average Bonchev–Trinajstić information content (AvgIpc) is 1.65. The maximum Gasteiger partial charge on any atom is 0.402 e. The fourth-order valence-corrected chi connectivity index (χ4v) is 0. The Bertz CT molecular complexity index is 49.2. The lowest BCUT2D eigenvalue weighted by Crippen LogP contribution is -2.03. The van der Waals surface area contributed by atoms with Crippen LogP contribution in [0.2, 0.25) is 0 Å². The molecule has 4 nitrogen and oxygen atoms in total. The molecule has 0 aliphatic rings. The van der Waals surface area contributed by atoms with E-state index >= 15 is 0 Å². The summed E-state index contributed by atoms with van der Waals surface area (Å²) in [4.78, 5) is 8.78. The first-order valence-corrected chi connectivity index (χ1v) is 2.24. The molecule has 0 atom stereocenters. The zero-order valence-corrected chi connectivity index (χ0v) is 4.79. The quantitative estimate of drug-likeness (QED) is 0.457. The zero-order chi connectivity index (χ0) is 6.99. The summed E-state index contributed by atoms with van der Waals surface area (Å²) in [7, 11) is 0. The number of aliphatic hydroxyl groups excluding tert-OH is 1. The normalized spacial score (nSPS) is 6.75. The van der Waals surface area contributed by atoms with E-state index in [9.17, 15) is 0 Å². The molecule has 0 radical (unpaired) electrons. The molecule has 0 bridgehead atoms. The molecule has 0 saturated carbocycles. The van der Waals surface area contributed by atoms with E-state index < -0.39 is 6.09 Å². The summed E-state index contributed by atoms with van der Waals surface area (Å²) in [5.74, 6) is 0. The van der Waals surface area contributed by atoms with E-state index in [1.54, 1.807) is 0 Å². The van der Waals surface area contributed by atoms with E-state index in [-0.39, 0.29) is 0 Å². The van der Waals surface area contributed by atoms with Crippen LogP contribution in [0.1, 0.15) is 13.3 Å². The van der Waals surface area contributed by atoms with Crippen LogP contribution in [0.5, 0.6) is 0 Å². The number of aliphatic hydroxyl groups is 1. The third kappa shape index (κ3) is 1770. The summed E-state index contributed by atoms with van der Waals surface area (Å²) in [5, 5.41) is 15.1. The van der Waals surface area contributed by atoms with Crippen LogP contribution in [0.25, 0.3) is 0 Å². The number of carbonyl (C=O) groups is 1. The van der Waals surface area contributed by atoms with Gasteiger partial charge in [0.05, 0.1) is 0 Å². The SMILES string of the molecule is CCCO.NC(=O)O. The Morgan fingerprint density at radius 3 is 1.88 bits per heavy atom. The smallest absolute Gasteiger partial charge is 0.402 e. The first-order chi connectivity index (χ1) is 3.65. The minimum Gasteiger partial charge on any atom is -0.465 e. The van der Waals surface area contributed by atoms with Gasteiger partial charge in [0.15, 0.2) is 0 Å². The van der Waals surface area contributed by atoms with E-state index in [1.807, 2.05) is 6.92 Å². The highest BCUT2D eigenvalue weighted by atomic mass is 16.4. The third-order valence-electron chi connectivity index (χ3n) is 0.224. The van der Waals surface area contributed by atoms with Gasteiger partial charge in [-0.15, -0.1) is 0 Å². The molecule has 0 heterocycles. The van der Waals surface area contributed by atoms with Crippen molar-refractivity contribution in [2.24, 2.45) is 5.73 Å². The molecule has 0 aliphatic carbocycles. The number of primary amides is 1. The van der Waals surface area contributed by atoms with Crippen molar-refractivity contribution < 1.29 is 15.0 Å². The minimum atomic E-state index is -1.33. The zero-order valence-electron chi connectivity index (χ0n) is 4.79. The van der Waals surface area contributed by atoms with E-state index in [0.717, 1.165) is 6.42 Å². The molecular formula is C4H11NO3. The van der Waals surface area contributed by atoms with Gasteiger partial charge in [0.25, 0.3) is 0 Å². The maximum absolute atomic E-state index is 8.78. The molecule has 1 amide bonds. The standard InChI is InChI=1S/C3H8O.CH3NO2/c1-2-3-4;2-1(3)4/h4H,2-3H2,1H3;2H2,(H,3,4). The van der Waals surface area contributed by atoms with Crippen molar-refractivity contribution in [1.82, 2.24) is 0 Å². The second-order valence-electron chi connectivity index (χ2n) is 1.06. The van der Waals surface area contributed by atoms with Crippen LogP contribution in [0.3, 0.4) is 0 Å². The van der Waals surface area contributed by atoms with Crippen LogP contribution in [-0.2, 0) is 0 Å². The Morgan fingerprint density at radius 1 is 1.75 bits per heavy atom. The number of nitrogens with two attached hydrogens (primary N) is 1. The van der Waals surface area contributed by atoms with Gasteiger partial charge in [-0.3, -0.25) is 0 Å². The van der Waals surface area contributed by atoms with Gasteiger partial charge < -0.3 is 15.9 Å². The first-order valence-electron chi connectivity index (χ1n) is 2.24. The molecule has 4 heteroatoms. The second kappa shape index (κ2) is 9.52. The molecule has 0 unspecified atom stereocenters. The Kier molecular flexibility index (Phi) is 12.2. The van der Waals surface area contributed by atoms with Crippen molar-refractivity contribution in [2.45, 2.75) is 13.3 Å². The fourth-order valence-electron chi connectivity index (χ4n) is 0. The molecule has 8 heavy (non-hydrogen) atoms. The summed E-state index contributed by atoms with van der Waals surface area (Å²) >= 11 is 0. The van der Waals surface area contributed by atoms with Crippen LogP contribution in [-0.4, -0.2) is 22.9 Å². The highest BCUT2D eigenvalue weighted by Crippen LogP contribution is 1.61.